The molecule has 22 heteroatoms. The summed E-state index contributed by atoms with van der Waals surface area (Å²) in [5, 5.41) is 20.2. The maximum Gasteiger partial charge on any atom is 0.490 e. The Bertz CT molecular complexity index is 1160. The monoisotopic (exact) mass is 541 g/mol. The molecule has 18 nitrogen and oxygen atoms in total. The van der Waals surface area contributed by atoms with Gasteiger partial charge in [-0.15, -0.1) is 0 Å². The van der Waals surface area contributed by atoms with Crippen LogP contribution < -0.4 is 5.73 Å². The first-order valence-corrected chi connectivity index (χ1v) is 12.9. The second-order valence-electron chi connectivity index (χ2n) is 6.13. The van der Waals surface area contributed by atoms with E-state index in [-0.39, 0.29) is 22.3 Å². The Morgan fingerprint density at radius 1 is 1.09 bits per heavy atom. The number of halogens is 1. The highest BCUT2D eigenvalue weighted by Crippen LogP contribution is 2.66. The molecule has 2 aromatic heterocycles. The van der Waals surface area contributed by atoms with Gasteiger partial charge in [0.15, 0.2) is 17.7 Å². The Morgan fingerprint density at radius 3 is 2.38 bits per heavy atom. The van der Waals surface area contributed by atoms with Crippen LogP contribution in [-0.4, -0.2) is 74.2 Å². The molecule has 180 valence electrons. The quantitative estimate of drug-likeness (QED) is 0.156. The summed E-state index contributed by atoms with van der Waals surface area (Å²) in [4.78, 5) is 47.2. The molecule has 1 aliphatic rings. The molecule has 3 rings (SSSR count). The molecule has 1 fully saturated rings. The number of imidazole rings is 1. The highest BCUT2D eigenvalue weighted by atomic mass is 35.5. The predicted molar refractivity (Wildman–Crippen MR) is 100 cm³/mol. The maximum absolute atomic E-state index is 11.8. The summed E-state index contributed by atoms with van der Waals surface area (Å²) in [6.07, 6.45) is -5.05. The van der Waals surface area contributed by atoms with E-state index >= 15 is 0 Å². The lowest BCUT2D eigenvalue weighted by Gasteiger charge is -2.19. The number of fused-ring (bicyclic) bond motifs is 1. The molecule has 8 N–H and O–H groups in total. The van der Waals surface area contributed by atoms with E-state index in [9.17, 15) is 28.8 Å². The zero-order valence-electron chi connectivity index (χ0n) is 15.2. The van der Waals surface area contributed by atoms with E-state index in [0.717, 1.165) is 10.9 Å². The van der Waals surface area contributed by atoms with E-state index in [2.05, 4.69) is 28.1 Å². The fourth-order valence-corrected chi connectivity index (χ4v) is 5.87. The molecule has 0 radical (unpaired) electrons. The van der Waals surface area contributed by atoms with Gasteiger partial charge < -0.3 is 40.3 Å². The Hall–Kier alpha value is -1.07. The van der Waals surface area contributed by atoms with Crippen LogP contribution in [0.3, 0.4) is 0 Å². The van der Waals surface area contributed by atoms with Crippen LogP contribution in [0.1, 0.15) is 6.23 Å². The van der Waals surface area contributed by atoms with Crippen LogP contribution in [-0.2, 0) is 31.6 Å². The van der Waals surface area contributed by atoms with E-state index in [1.807, 2.05) is 0 Å². The van der Waals surface area contributed by atoms with Gasteiger partial charge in [-0.1, -0.05) is 0 Å². The molecular formula is C10H15ClN5O13P3. The largest absolute Gasteiger partial charge is 0.490 e. The number of nitrogens with zero attached hydrogens (tertiary/aromatic N) is 4. The van der Waals surface area contributed by atoms with Crippen molar-refractivity contribution in [1.82, 2.24) is 19.5 Å². The summed E-state index contributed by atoms with van der Waals surface area (Å²) in [6, 6.07) is 0. The Kier molecular flexibility index (Phi) is 7.14. The Morgan fingerprint density at radius 2 is 1.75 bits per heavy atom. The van der Waals surface area contributed by atoms with Gasteiger partial charge in [-0.05, 0) is 11.6 Å². The highest BCUT2D eigenvalue weighted by molar-refractivity contribution is 7.66. The third kappa shape index (κ3) is 5.88. The summed E-state index contributed by atoms with van der Waals surface area (Å²) in [5.41, 5.74) is 5.83. The fraction of sp³-hybridized carbons (Fsp3) is 0.500. The number of nitrogens with two attached hydrogens (primary N) is 1. The topological polar surface area (TPSA) is 279 Å². The zero-order valence-corrected chi connectivity index (χ0v) is 18.7. The summed E-state index contributed by atoms with van der Waals surface area (Å²) >= 11 is 5.75. The molecule has 0 amide bonds. The fourth-order valence-electron chi connectivity index (χ4n) is 2.66. The van der Waals surface area contributed by atoms with Crippen LogP contribution in [0.2, 0.25) is 5.28 Å². The van der Waals surface area contributed by atoms with Gasteiger partial charge in [0, 0.05) is 0 Å². The molecule has 0 aromatic carbocycles. The van der Waals surface area contributed by atoms with Crippen molar-refractivity contribution in [1.29, 1.82) is 0 Å². The standard InChI is InChI=1S/C10H15ClN5O13P3/c11-10-14-7(12)4-8(15-10)16(2-13-4)9-6(18)5(17)3(27-9)1-26-31(22,23)29-32(24,25)28-30(19,20)21/h2-3,5-6,9,17-18H,1H2,(H,22,23)(H,24,25)(H2,12,14,15)(H2,19,20,21)/t3-,5+,6+,9+/m0/s1. The third-order valence-electron chi connectivity index (χ3n) is 3.85. The van der Waals surface area contributed by atoms with Crippen molar-refractivity contribution in [2.45, 2.75) is 24.5 Å². The van der Waals surface area contributed by atoms with Crippen molar-refractivity contribution in [3.8, 4) is 0 Å². The number of rotatable bonds is 8. The number of aliphatic hydroxyl groups is 2. The average Bonchev–Trinajstić information content (AvgIpc) is 3.12. The molecule has 2 unspecified atom stereocenters. The van der Waals surface area contributed by atoms with Gasteiger partial charge in [0.1, 0.15) is 23.8 Å². The number of aliphatic hydroxyl groups excluding tert-OH is 2. The smallest absolute Gasteiger partial charge is 0.387 e. The van der Waals surface area contributed by atoms with Crippen molar-refractivity contribution in [3.05, 3.63) is 11.6 Å². The molecule has 3 heterocycles. The van der Waals surface area contributed by atoms with Crippen LogP contribution in [0.4, 0.5) is 5.82 Å². The number of anilines is 1. The summed E-state index contributed by atoms with van der Waals surface area (Å²) in [6.45, 7) is -0.983. The van der Waals surface area contributed by atoms with E-state index in [0.29, 0.717) is 0 Å². The second-order valence-corrected chi connectivity index (χ2v) is 10.9. The summed E-state index contributed by atoms with van der Waals surface area (Å²) in [7, 11) is -16.7. The number of aromatic nitrogens is 4. The second kappa shape index (κ2) is 8.94. The predicted octanol–water partition coefficient (Wildman–Crippen LogP) is -0.976. The van der Waals surface area contributed by atoms with Crippen LogP contribution in [0.25, 0.3) is 11.2 Å². The lowest BCUT2D eigenvalue weighted by molar-refractivity contribution is -0.0503. The molecule has 0 saturated carbocycles. The van der Waals surface area contributed by atoms with E-state index in [1.54, 1.807) is 0 Å². The molecule has 2 aromatic rings. The number of hydrogen-bond acceptors (Lipinski definition) is 13. The van der Waals surface area contributed by atoms with Crippen molar-refractivity contribution >= 4 is 52.1 Å². The first-order chi connectivity index (χ1) is 14.6. The molecule has 0 bridgehead atoms. The minimum atomic E-state index is -5.72. The number of phosphoric acid groups is 3. The molecule has 6 atom stereocenters. The van der Waals surface area contributed by atoms with Crippen LogP contribution in [0.5, 0.6) is 0 Å². The molecule has 0 aliphatic carbocycles. The van der Waals surface area contributed by atoms with E-state index in [4.69, 9.17) is 36.8 Å². The van der Waals surface area contributed by atoms with Gasteiger partial charge in [-0.2, -0.15) is 18.6 Å². The third-order valence-corrected chi connectivity index (χ3v) is 7.82. The SMILES string of the molecule is Nc1nc(Cl)nc2c1ncn2[C@@H]1O[C@@H](COP(=O)(O)OP(=O)(O)OP(=O)(O)O)[C@@H](O)[C@H]1O. The highest BCUT2D eigenvalue weighted by Gasteiger charge is 2.47. The number of ether oxygens (including phenoxy) is 1. The Balaban J connectivity index is 1.72. The van der Waals surface area contributed by atoms with Gasteiger partial charge in [0.25, 0.3) is 0 Å². The minimum Gasteiger partial charge on any atom is -0.387 e. The van der Waals surface area contributed by atoms with Crippen molar-refractivity contribution in [2.24, 2.45) is 0 Å². The minimum absolute atomic E-state index is 0.0345. The number of hydrogen-bond donors (Lipinski definition) is 7. The number of phosphoric ester groups is 1. The lowest BCUT2D eigenvalue weighted by atomic mass is 10.1. The summed E-state index contributed by atoms with van der Waals surface area (Å²) < 4.78 is 51.9. The molecule has 32 heavy (non-hydrogen) atoms. The van der Waals surface area contributed by atoms with Crippen molar-refractivity contribution < 1.29 is 61.4 Å². The molecular weight excluding hydrogens is 527 g/mol. The number of nitrogen functional groups attached to an aromatic ring is 1. The van der Waals surface area contributed by atoms with Gasteiger partial charge in [-0.3, -0.25) is 9.09 Å². The van der Waals surface area contributed by atoms with E-state index < -0.39 is 54.6 Å². The van der Waals surface area contributed by atoms with E-state index in [1.165, 1.54) is 0 Å². The molecule has 1 saturated heterocycles. The van der Waals surface area contributed by atoms with Crippen LogP contribution in [0, 0.1) is 0 Å². The first-order valence-electron chi connectivity index (χ1n) is 8.04. The Labute approximate surface area is 182 Å². The lowest BCUT2D eigenvalue weighted by Crippen LogP contribution is -2.33. The maximum atomic E-state index is 11.8. The molecule has 1 aliphatic heterocycles. The van der Waals surface area contributed by atoms with Gasteiger partial charge >= 0.3 is 23.5 Å². The van der Waals surface area contributed by atoms with Crippen LogP contribution >= 0.6 is 35.1 Å². The van der Waals surface area contributed by atoms with Crippen molar-refractivity contribution in [3.63, 3.8) is 0 Å². The van der Waals surface area contributed by atoms with Crippen molar-refractivity contribution in [2.75, 3.05) is 12.3 Å². The van der Waals surface area contributed by atoms with Gasteiger partial charge in [-0.25, -0.2) is 18.7 Å². The van der Waals surface area contributed by atoms with Gasteiger partial charge in [0.2, 0.25) is 5.28 Å². The normalized spacial score (nSPS) is 28.0. The average molecular weight is 542 g/mol. The summed E-state index contributed by atoms with van der Waals surface area (Å²) in [5.74, 6) is -0.0732. The van der Waals surface area contributed by atoms with Crippen LogP contribution in [0.15, 0.2) is 6.33 Å². The zero-order chi connectivity index (χ0) is 24.1. The molecule has 0 spiro atoms. The van der Waals surface area contributed by atoms with Gasteiger partial charge in [0.05, 0.1) is 12.9 Å². The first kappa shape index (κ1) is 25.6.